The minimum atomic E-state index is -0.668. The molecule has 0 aromatic rings. The molecule has 13 heavy (non-hydrogen) atoms. The molecule has 0 aromatic carbocycles. The fraction of sp³-hybridized carbons (Fsp3) is 0.714. The lowest BCUT2D eigenvalue weighted by molar-refractivity contribution is -0.142. The van der Waals surface area contributed by atoms with Crippen LogP contribution in [0.25, 0.3) is 0 Å². The maximum Gasteiger partial charge on any atom is 0.322 e. The smallest absolute Gasteiger partial charge is 0.322 e. The summed E-state index contributed by atoms with van der Waals surface area (Å²) in [6.07, 6.45) is 0.351. The van der Waals surface area contributed by atoms with Crippen LogP contribution in [0.3, 0.4) is 0 Å². The minimum Gasteiger partial charge on any atom is -0.468 e. The number of oxime groups is 1. The van der Waals surface area contributed by atoms with E-state index in [1.54, 1.807) is 6.92 Å². The van der Waals surface area contributed by atoms with Crippen molar-refractivity contribution in [3.63, 3.8) is 0 Å². The van der Waals surface area contributed by atoms with E-state index in [1.165, 1.54) is 7.11 Å². The van der Waals surface area contributed by atoms with E-state index >= 15 is 0 Å². The number of nitrogens with zero attached hydrogens (tertiary/aromatic N) is 1. The number of esters is 1. The van der Waals surface area contributed by atoms with Crippen molar-refractivity contribution in [3.8, 4) is 0 Å². The van der Waals surface area contributed by atoms with E-state index in [-0.39, 0.29) is 6.61 Å². The second-order valence-corrected chi connectivity index (χ2v) is 2.48. The van der Waals surface area contributed by atoms with Gasteiger partial charge in [-0.3, -0.25) is 4.79 Å². The van der Waals surface area contributed by atoms with E-state index in [0.717, 1.165) is 0 Å². The van der Waals surface area contributed by atoms with Crippen LogP contribution in [0.15, 0.2) is 5.16 Å². The molecule has 0 spiro atoms. The van der Waals surface area contributed by atoms with Crippen LogP contribution >= 0.6 is 0 Å². The van der Waals surface area contributed by atoms with Gasteiger partial charge in [-0.05, 0) is 6.92 Å². The van der Waals surface area contributed by atoms with Crippen LogP contribution in [-0.4, -0.2) is 31.6 Å². The molecule has 0 heterocycles. The van der Waals surface area contributed by atoms with E-state index in [0.29, 0.717) is 12.3 Å². The van der Waals surface area contributed by atoms with E-state index < -0.39 is 12.0 Å². The zero-order chi connectivity index (χ0) is 10.3. The maximum atomic E-state index is 10.8. The largest absolute Gasteiger partial charge is 0.468 e. The Balaban J connectivity index is 3.53. The lowest BCUT2D eigenvalue weighted by atomic mass is 10.2. The molecule has 0 aliphatic heterocycles. The van der Waals surface area contributed by atoms with Gasteiger partial charge in [0.2, 0.25) is 0 Å². The summed E-state index contributed by atoms with van der Waals surface area (Å²) in [7, 11) is 1.28. The number of carbonyl (C=O) groups is 1. The summed E-state index contributed by atoms with van der Waals surface area (Å²) >= 11 is 0. The topological polar surface area (TPSA) is 99.9 Å². The second-order valence-electron chi connectivity index (χ2n) is 2.48. The van der Waals surface area contributed by atoms with E-state index in [1.807, 2.05) is 0 Å². The van der Waals surface area contributed by atoms with Crippen molar-refractivity contribution in [2.75, 3.05) is 13.7 Å². The van der Waals surface area contributed by atoms with Crippen LogP contribution in [-0.2, 0) is 14.4 Å². The predicted octanol–water partition coefficient (Wildman–Crippen LogP) is -0.814. The molecule has 4 N–H and O–H groups in total. The van der Waals surface area contributed by atoms with E-state index in [4.69, 9.17) is 16.3 Å². The second kappa shape index (κ2) is 6.24. The molecule has 0 saturated heterocycles. The molecule has 0 saturated carbocycles. The van der Waals surface area contributed by atoms with Crippen molar-refractivity contribution in [3.05, 3.63) is 0 Å². The molecule has 76 valence electrons. The first-order chi connectivity index (χ1) is 6.07. The summed E-state index contributed by atoms with van der Waals surface area (Å²) < 4.78 is 4.41. The monoisotopic (exact) mass is 189 g/mol. The van der Waals surface area contributed by atoms with Gasteiger partial charge in [0.25, 0.3) is 0 Å². The molecule has 0 fully saturated rings. The van der Waals surface area contributed by atoms with Crippen molar-refractivity contribution >= 4 is 11.8 Å². The molecule has 0 aromatic heterocycles. The van der Waals surface area contributed by atoms with Crippen LogP contribution in [0, 0.1) is 0 Å². The number of amidine groups is 1. The van der Waals surface area contributed by atoms with Gasteiger partial charge in [-0.2, -0.15) is 0 Å². The number of hydrogen-bond acceptors (Lipinski definition) is 5. The van der Waals surface area contributed by atoms with Crippen molar-refractivity contribution in [1.29, 1.82) is 0 Å². The summed E-state index contributed by atoms with van der Waals surface area (Å²) in [6, 6.07) is -0.668. The lowest BCUT2D eigenvalue weighted by Crippen LogP contribution is -2.32. The molecular formula is C7H15N3O3. The highest BCUT2D eigenvalue weighted by Crippen LogP contribution is 1.92. The summed E-state index contributed by atoms with van der Waals surface area (Å²) in [5.41, 5.74) is 10.6. The van der Waals surface area contributed by atoms with Crippen LogP contribution in [0.5, 0.6) is 0 Å². The standard InChI is InChI=1S/C7H15N3O3/c1-5(8)10-13-4-3-6(9)7(11)12-2/h6H,3-4,9H2,1-2H3,(H2,8,10)/t6-/m0/s1. The van der Waals surface area contributed by atoms with Gasteiger partial charge in [0.05, 0.1) is 7.11 Å². The Bertz CT molecular complexity index is 189. The van der Waals surface area contributed by atoms with Gasteiger partial charge in [0.1, 0.15) is 18.5 Å². The zero-order valence-corrected chi connectivity index (χ0v) is 7.82. The highest BCUT2D eigenvalue weighted by atomic mass is 16.6. The third-order valence-electron chi connectivity index (χ3n) is 1.23. The molecule has 0 radical (unpaired) electrons. The first kappa shape index (κ1) is 11.7. The number of ether oxygens (including phenoxy) is 1. The van der Waals surface area contributed by atoms with Gasteiger partial charge >= 0.3 is 5.97 Å². The molecule has 0 amide bonds. The molecule has 6 heteroatoms. The number of hydrogen-bond donors (Lipinski definition) is 2. The lowest BCUT2D eigenvalue weighted by Gasteiger charge is -2.07. The SMILES string of the molecule is COC(=O)[C@@H](N)CCO/N=C(/C)N. The third kappa shape index (κ3) is 5.92. The van der Waals surface area contributed by atoms with Gasteiger partial charge in [0, 0.05) is 6.42 Å². The fourth-order valence-corrected chi connectivity index (χ4v) is 0.596. The zero-order valence-electron chi connectivity index (χ0n) is 7.82. The number of nitrogens with two attached hydrogens (primary N) is 2. The van der Waals surface area contributed by atoms with Gasteiger partial charge in [-0.25, -0.2) is 0 Å². The van der Waals surface area contributed by atoms with Crippen LogP contribution in [0.2, 0.25) is 0 Å². The van der Waals surface area contributed by atoms with Crippen molar-refractivity contribution < 1.29 is 14.4 Å². The highest BCUT2D eigenvalue weighted by Gasteiger charge is 2.12. The quantitative estimate of drug-likeness (QED) is 0.193. The van der Waals surface area contributed by atoms with Crippen LogP contribution in [0.1, 0.15) is 13.3 Å². The summed E-state index contributed by atoms with van der Waals surface area (Å²) in [6.45, 7) is 1.84. The molecule has 0 rings (SSSR count). The van der Waals surface area contributed by atoms with Gasteiger partial charge in [-0.1, -0.05) is 5.16 Å². The van der Waals surface area contributed by atoms with Gasteiger partial charge < -0.3 is 21.0 Å². The maximum absolute atomic E-state index is 10.8. The van der Waals surface area contributed by atoms with E-state index in [9.17, 15) is 4.79 Å². The fourth-order valence-electron chi connectivity index (χ4n) is 0.596. The van der Waals surface area contributed by atoms with Gasteiger partial charge in [0.15, 0.2) is 0 Å². The average Bonchev–Trinajstić information content (AvgIpc) is 2.10. The summed E-state index contributed by atoms with van der Waals surface area (Å²) in [4.78, 5) is 15.5. The predicted molar refractivity (Wildman–Crippen MR) is 47.9 cm³/mol. The number of rotatable bonds is 5. The van der Waals surface area contributed by atoms with Crippen LogP contribution < -0.4 is 11.5 Å². The molecular weight excluding hydrogens is 174 g/mol. The highest BCUT2D eigenvalue weighted by molar-refractivity contribution is 5.76. The normalized spacial score (nSPS) is 13.6. The van der Waals surface area contributed by atoms with E-state index in [2.05, 4.69) is 9.89 Å². The number of carbonyl (C=O) groups excluding carboxylic acids is 1. The average molecular weight is 189 g/mol. The Morgan fingerprint density at radius 2 is 2.23 bits per heavy atom. The van der Waals surface area contributed by atoms with Crippen LogP contribution in [0.4, 0.5) is 0 Å². The summed E-state index contributed by atoms with van der Waals surface area (Å²) in [5, 5.41) is 3.47. The Labute approximate surface area is 76.8 Å². The van der Waals surface area contributed by atoms with Crippen molar-refractivity contribution in [2.45, 2.75) is 19.4 Å². The first-order valence-electron chi connectivity index (χ1n) is 3.83. The molecule has 1 atom stereocenters. The molecule has 0 bridgehead atoms. The molecule has 0 aliphatic carbocycles. The Kier molecular flexibility index (Phi) is 5.62. The molecule has 0 unspecified atom stereocenters. The van der Waals surface area contributed by atoms with Gasteiger partial charge in [-0.15, -0.1) is 0 Å². The minimum absolute atomic E-state index is 0.241. The summed E-state index contributed by atoms with van der Waals surface area (Å²) in [5.74, 6) is -0.135. The molecule has 0 aliphatic rings. The Morgan fingerprint density at radius 3 is 2.69 bits per heavy atom. The number of methoxy groups -OCH3 is 1. The first-order valence-corrected chi connectivity index (χ1v) is 3.83. The molecule has 6 nitrogen and oxygen atoms in total. The third-order valence-corrected chi connectivity index (χ3v) is 1.23. The van der Waals surface area contributed by atoms with Crippen molar-refractivity contribution in [2.24, 2.45) is 16.6 Å². The Morgan fingerprint density at radius 1 is 1.62 bits per heavy atom. The Hall–Kier alpha value is -1.30. The van der Waals surface area contributed by atoms with Crippen molar-refractivity contribution in [1.82, 2.24) is 0 Å².